The highest BCUT2D eigenvalue weighted by Crippen LogP contribution is 2.42. The first-order chi connectivity index (χ1) is 16.9. The number of halogens is 4. The quantitative estimate of drug-likeness (QED) is 0.407. The topological polar surface area (TPSA) is 119 Å². The molecule has 0 aromatic heterocycles. The zero-order valence-electron chi connectivity index (χ0n) is 18.8. The number of primary amides is 1. The molecule has 0 aliphatic rings. The van der Waals surface area contributed by atoms with Crippen molar-refractivity contribution in [2.45, 2.75) is 11.0 Å². The summed E-state index contributed by atoms with van der Waals surface area (Å²) < 4.78 is 67.2. The molecule has 3 aromatic rings. The molecule has 0 saturated carbocycles. The molecule has 0 saturated heterocycles. The highest BCUT2D eigenvalue weighted by atomic mass is 35.5. The minimum Gasteiger partial charge on any atom is -0.493 e. The van der Waals surface area contributed by atoms with E-state index in [0.717, 1.165) is 36.4 Å². The first-order valence-corrected chi connectivity index (χ1v) is 12.3. The molecular weight excluding hydrogens is 541 g/mol. The second kappa shape index (κ2) is 10.9. The highest BCUT2D eigenvalue weighted by molar-refractivity contribution is 7.92. The fraction of sp³-hybridized carbons (Fsp3) is 0.174. The largest absolute Gasteiger partial charge is 0.493 e. The summed E-state index contributed by atoms with van der Waals surface area (Å²) in [6.07, 6.45) is -2.06. The van der Waals surface area contributed by atoms with E-state index in [1.54, 1.807) is 0 Å². The monoisotopic (exact) mass is 560 g/mol. The summed E-state index contributed by atoms with van der Waals surface area (Å²) in [5.74, 6) is -2.99. The maximum atomic E-state index is 14.5. The van der Waals surface area contributed by atoms with E-state index in [0.29, 0.717) is 4.31 Å². The molecule has 0 heterocycles. The van der Waals surface area contributed by atoms with Crippen LogP contribution in [0.25, 0.3) is 0 Å². The van der Waals surface area contributed by atoms with E-state index in [1.165, 1.54) is 26.4 Å². The Balaban J connectivity index is 2.30. The molecule has 36 heavy (non-hydrogen) atoms. The lowest BCUT2D eigenvalue weighted by atomic mass is 9.98. The Labute approximate surface area is 215 Å². The van der Waals surface area contributed by atoms with E-state index in [9.17, 15) is 27.1 Å². The van der Waals surface area contributed by atoms with Crippen LogP contribution in [0.5, 0.6) is 11.5 Å². The molecule has 13 heteroatoms. The smallest absolute Gasteiger partial charge is 0.264 e. The number of aliphatic hydroxyl groups is 1. The third-order valence-electron chi connectivity index (χ3n) is 5.12. The van der Waals surface area contributed by atoms with Gasteiger partial charge in [-0.05, 0) is 36.4 Å². The van der Waals surface area contributed by atoms with E-state index in [2.05, 4.69) is 0 Å². The molecule has 0 fully saturated rings. The van der Waals surface area contributed by atoms with Gasteiger partial charge in [-0.25, -0.2) is 17.2 Å². The van der Waals surface area contributed by atoms with Gasteiger partial charge in [-0.3, -0.25) is 9.10 Å². The number of amides is 1. The van der Waals surface area contributed by atoms with Crippen LogP contribution in [0.3, 0.4) is 0 Å². The predicted molar refractivity (Wildman–Crippen MR) is 130 cm³/mol. The molecule has 3 rings (SSSR count). The summed E-state index contributed by atoms with van der Waals surface area (Å²) >= 11 is 12.4. The van der Waals surface area contributed by atoms with Crippen LogP contribution in [0.4, 0.5) is 14.5 Å². The van der Waals surface area contributed by atoms with Crippen LogP contribution in [0.15, 0.2) is 53.4 Å². The summed E-state index contributed by atoms with van der Waals surface area (Å²) in [6.45, 7) is -0.933. The van der Waals surface area contributed by atoms with E-state index < -0.39 is 51.5 Å². The maximum Gasteiger partial charge on any atom is 0.264 e. The minimum atomic E-state index is -4.63. The Kier molecular flexibility index (Phi) is 8.29. The number of sulfonamides is 1. The normalized spacial score (nSPS) is 12.2. The van der Waals surface area contributed by atoms with Crippen LogP contribution in [0.1, 0.15) is 17.2 Å². The van der Waals surface area contributed by atoms with Crippen molar-refractivity contribution in [1.29, 1.82) is 0 Å². The lowest BCUT2D eigenvalue weighted by molar-refractivity contribution is -0.116. The fourth-order valence-corrected chi connectivity index (χ4v) is 5.67. The fourth-order valence-electron chi connectivity index (χ4n) is 3.51. The van der Waals surface area contributed by atoms with Gasteiger partial charge < -0.3 is 20.3 Å². The van der Waals surface area contributed by atoms with Crippen molar-refractivity contribution in [3.05, 3.63) is 81.3 Å². The highest BCUT2D eigenvalue weighted by Gasteiger charge is 2.34. The second-order valence-electron chi connectivity index (χ2n) is 7.36. The number of carbonyl (C=O) groups is 1. The average molecular weight is 561 g/mol. The predicted octanol–water partition coefficient (Wildman–Crippen LogP) is 4.05. The molecule has 0 aliphatic carbocycles. The van der Waals surface area contributed by atoms with Crippen LogP contribution < -0.4 is 19.5 Å². The van der Waals surface area contributed by atoms with E-state index >= 15 is 0 Å². The van der Waals surface area contributed by atoms with Gasteiger partial charge >= 0.3 is 0 Å². The van der Waals surface area contributed by atoms with Gasteiger partial charge in [0, 0.05) is 16.7 Å². The van der Waals surface area contributed by atoms with Crippen LogP contribution in [-0.2, 0) is 14.8 Å². The van der Waals surface area contributed by atoms with Gasteiger partial charge in [0.05, 0.1) is 35.4 Å². The molecule has 0 aliphatic heterocycles. The lowest BCUT2D eigenvalue weighted by Gasteiger charge is -2.28. The van der Waals surface area contributed by atoms with Gasteiger partial charge in [-0.1, -0.05) is 29.3 Å². The number of ether oxygens (including phenoxy) is 2. The van der Waals surface area contributed by atoms with Gasteiger partial charge in [0.15, 0.2) is 11.5 Å². The van der Waals surface area contributed by atoms with Gasteiger partial charge in [0.25, 0.3) is 10.0 Å². The minimum absolute atomic E-state index is 0.0634. The number of carbonyl (C=O) groups excluding carboxylic acids is 1. The molecule has 1 atom stereocenters. The van der Waals surface area contributed by atoms with Crippen molar-refractivity contribution in [2.75, 3.05) is 25.1 Å². The number of anilines is 1. The van der Waals surface area contributed by atoms with Crippen molar-refractivity contribution in [2.24, 2.45) is 5.73 Å². The Hall–Kier alpha value is -3.12. The van der Waals surface area contributed by atoms with Crippen molar-refractivity contribution >= 4 is 44.8 Å². The van der Waals surface area contributed by atoms with Crippen molar-refractivity contribution in [1.82, 2.24) is 0 Å². The molecule has 1 unspecified atom stereocenters. The number of hydrogen-bond donors (Lipinski definition) is 2. The van der Waals surface area contributed by atoms with Gasteiger partial charge in [0.2, 0.25) is 5.91 Å². The number of aliphatic hydroxyl groups excluding tert-OH is 1. The number of hydrogen-bond acceptors (Lipinski definition) is 6. The molecule has 3 N–H and O–H groups in total. The number of rotatable bonds is 9. The van der Waals surface area contributed by atoms with Crippen molar-refractivity contribution in [3.63, 3.8) is 0 Å². The second-order valence-corrected chi connectivity index (χ2v) is 10.1. The molecule has 1 amide bonds. The third-order valence-corrected chi connectivity index (χ3v) is 7.37. The summed E-state index contributed by atoms with van der Waals surface area (Å²) in [5, 5.41) is 10.6. The first-order valence-electron chi connectivity index (χ1n) is 10.1. The summed E-state index contributed by atoms with van der Waals surface area (Å²) in [5.41, 5.74) is 3.71. The van der Waals surface area contributed by atoms with Crippen LogP contribution >= 0.6 is 23.2 Å². The SMILES string of the molecule is COc1ccc(S(=O)(=O)N(CC(N)=O)c2c(Cl)cc(Cl)cc2C(O)c2c(F)cccc2F)cc1OC. The third kappa shape index (κ3) is 5.34. The average Bonchev–Trinajstić information content (AvgIpc) is 2.81. The zero-order valence-corrected chi connectivity index (χ0v) is 21.2. The van der Waals surface area contributed by atoms with E-state index in [4.69, 9.17) is 38.4 Å². The lowest BCUT2D eigenvalue weighted by Crippen LogP contribution is -2.39. The zero-order chi connectivity index (χ0) is 26.8. The Morgan fingerprint density at radius 1 is 1.06 bits per heavy atom. The molecule has 0 bridgehead atoms. The summed E-state index contributed by atoms with van der Waals surface area (Å²) in [6, 6.07) is 8.78. The number of nitrogens with zero attached hydrogens (tertiary/aromatic N) is 1. The van der Waals surface area contributed by atoms with Crippen LogP contribution in [0, 0.1) is 11.6 Å². The van der Waals surface area contributed by atoms with Gasteiger partial charge in [-0.2, -0.15) is 0 Å². The Morgan fingerprint density at radius 2 is 1.67 bits per heavy atom. The van der Waals surface area contributed by atoms with Crippen LogP contribution in [0.2, 0.25) is 10.0 Å². The van der Waals surface area contributed by atoms with E-state index in [1.807, 2.05) is 0 Å². The van der Waals surface area contributed by atoms with Gasteiger partial charge in [-0.15, -0.1) is 0 Å². The molecule has 0 spiro atoms. The number of nitrogens with two attached hydrogens (primary N) is 1. The summed E-state index contributed by atoms with van der Waals surface area (Å²) in [7, 11) is -1.98. The van der Waals surface area contributed by atoms with Crippen molar-refractivity contribution < 1.29 is 36.6 Å². The van der Waals surface area contributed by atoms with Crippen molar-refractivity contribution in [3.8, 4) is 11.5 Å². The summed E-state index contributed by atoms with van der Waals surface area (Å²) in [4.78, 5) is 11.6. The number of benzene rings is 3. The Morgan fingerprint density at radius 3 is 2.22 bits per heavy atom. The molecular formula is C23H20Cl2F2N2O6S. The molecule has 3 aromatic carbocycles. The molecule has 8 nitrogen and oxygen atoms in total. The van der Waals surface area contributed by atoms with Crippen LogP contribution in [-0.4, -0.2) is 40.2 Å². The number of methoxy groups -OCH3 is 2. The van der Waals surface area contributed by atoms with E-state index in [-0.39, 0.29) is 32.0 Å². The standard InChI is InChI=1S/C23H20Cl2F2N2O6S/c1-34-18-7-6-13(10-19(18)35-2)36(32,33)29(11-20(28)30)22-14(8-12(24)9-15(22)25)23(31)21-16(26)4-3-5-17(21)27/h3-10,23,31H,11H2,1-2H3,(H2,28,30). The van der Waals surface area contributed by atoms with Gasteiger partial charge in [0.1, 0.15) is 24.3 Å². The Bertz CT molecular complexity index is 1400. The molecule has 0 radical (unpaired) electrons. The maximum absolute atomic E-state index is 14.5. The first kappa shape index (κ1) is 27.5. The molecule has 192 valence electrons.